The topological polar surface area (TPSA) is 38.0 Å². The summed E-state index contributed by atoms with van der Waals surface area (Å²) in [5.41, 5.74) is 0.736. The monoisotopic (exact) mass is 284 g/mol. The van der Waals surface area contributed by atoms with Crippen LogP contribution in [0.15, 0.2) is 36.5 Å². The molecule has 0 aliphatic heterocycles. The first-order valence-corrected chi connectivity index (χ1v) is 6.16. The lowest BCUT2D eigenvalue weighted by Gasteiger charge is -2.20. The van der Waals surface area contributed by atoms with Crippen LogP contribution in [-0.2, 0) is 6.18 Å². The molecule has 108 valence electrons. The third-order valence-electron chi connectivity index (χ3n) is 3.19. The molecule has 0 aliphatic carbocycles. The number of aliphatic hydroxyl groups excluding tert-OH is 1. The molecule has 0 radical (unpaired) electrons. The number of nitrogens with zero attached hydrogens (tertiary/aromatic N) is 2. The van der Waals surface area contributed by atoms with Crippen molar-refractivity contribution in [2.45, 2.75) is 32.2 Å². The van der Waals surface area contributed by atoms with Crippen LogP contribution >= 0.6 is 0 Å². The molecule has 2 aromatic rings. The van der Waals surface area contributed by atoms with E-state index in [-0.39, 0.29) is 0 Å². The predicted octanol–water partition coefficient (Wildman–Crippen LogP) is 3.50. The van der Waals surface area contributed by atoms with Crippen LogP contribution in [0.1, 0.15) is 35.9 Å². The molecule has 2 atom stereocenters. The van der Waals surface area contributed by atoms with Crippen LogP contribution in [0.4, 0.5) is 13.2 Å². The average molecular weight is 284 g/mol. The number of alkyl halides is 3. The molecule has 0 aliphatic rings. The quantitative estimate of drug-likeness (QED) is 0.936. The molecule has 2 rings (SSSR count). The molecule has 1 N–H and O–H groups in total. The van der Waals surface area contributed by atoms with Gasteiger partial charge in [0.05, 0.1) is 6.04 Å². The summed E-state index contributed by atoms with van der Waals surface area (Å²) in [4.78, 5) is 0. The van der Waals surface area contributed by atoms with Crippen molar-refractivity contribution in [3.63, 3.8) is 0 Å². The molecular formula is C14H15F3N2O. The molecule has 20 heavy (non-hydrogen) atoms. The second kappa shape index (κ2) is 5.28. The van der Waals surface area contributed by atoms with Gasteiger partial charge in [-0.3, -0.25) is 4.68 Å². The van der Waals surface area contributed by atoms with E-state index in [0.717, 1.165) is 16.3 Å². The maximum Gasteiger partial charge on any atom is 0.435 e. The van der Waals surface area contributed by atoms with Crippen molar-refractivity contribution in [1.82, 2.24) is 9.78 Å². The first-order valence-electron chi connectivity index (χ1n) is 6.16. The highest BCUT2D eigenvalue weighted by atomic mass is 19.4. The Morgan fingerprint density at radius 1 is 1.15 bits per heavy atom. The summed E-state index contributed by atoms with van der Waals surface area (Å²) in [7, 11) is 0. The summed E-state index contributed by atoms with van der Waals surface area (Å²) in [6.45, 7) is 3.54. The second-order valence-electron chi connectivity index (χ2n) is 4.77. The third-order valence-corrected chi connectivity index (χ3v) is 3.19. The molecule has 0 fully saturated rings. The summed E-state index contributed by atoms with van der Waals surface area (Å²) in [6, 6.07) is 7.51. The second-order valence-corrected chi connectivity index (χ2v) is 4.77. The molecule has 0 saturated heterocycles. The minimum absolute atomic E-state index is 0.589. The fourth-order valence-electron chi connectivity index (χ4n) is 1.90. The van der Waals surface area contributed by atoms with Crippen LogP contribution in [-0.4, -0.2) is 14.9 Å². The fraction of sp³-hybridized carbons (Fsp3) is 0.357. The highest BCUT2D eigenvalue weighted by Crippen LogP contribution is 2.30. The van der Waals surface area contributed by atoms with Gasteiger partial charge in [0.1, 0.15) is 6.10 Å². The number of benzene rings is 1. The van der Waals surface area contributed by atoms with E-state index < -0.39 is 24.0 Å². The first-order chi connectivity index (χ1) is 9.29. The number of aliphatic hydroxyl groups is 1. The maximum atomic E-state index is 12.5. The lowest BCUT2D eigenvalue weighted by Crippen LogP contribution is -2.16. The Hall–Kier alpha value is -1.82. The molecule has 2 unspecified atom stereocenters. The lowest BCUT2D eigenvalue weighted by atomic mass is 10.0. The highest BCUT2D eigenvalue weighted by molar-refractivity contribution is 5.23. The Balaban J connectivity index is 2.20. The molecule has 6 heteroatoms. The number of halogens is 3. The van der Waals surface area contributed by atoms with Gasteiger partial charge in [-0.2, -0.15) is 18.3 Å². The van der Waals surface area contributed by atoms with Crippen LogP contribution in [0.3, 0.4) is 0 Å². The van der Waals surface area contributed by atoms with Gasteiger partial charge >= 0.3 is 6.18 Å². The van der Waals surface area contributed by atoms with E-state index in [9.17, 15) is 18.3 Å². The minimum atomic E-state index is -4.47. The third kappa shape index (κ3) is 3.01. The molecule has 0 amide bonds. The van der Waals surface area contributed by atoms with Crippen LogP contribution in [0.25, 0.3) is 0 Å². The first kappa shape index (κ1) is 14.6. The van der Waals surface area contributed by atoms with Crippen molar-refractivity contribution in [2.24, 2.45) is 0 Å². The van der Waals surface area contributed by atoms with Gasteiger partial charge in [-0.25, -0.2) is 0 Å². The van der Waals surface area contributed by atoms with Gasteiger partial charge in [0, 0.05) is 6.20 Å². The smallest absolute Gasteiger partial charge is 0.386 e. The Morgan fingerprint density at radius 3 is 2.25 bits per heavy atom. The number of hydrogen-bond donors (Lipinski definition) is 1. The molecule has 1 aromatic carbocycles. The Bertz CT molecular complexity index is 575. The Labute approximate surface area is 114 Å². The van der Waals surface area contributed by atoms with E-state index in [1.165, 1.54) is 6.20 Å². The number of hydrogen-bond acceptors (Lipinski definition) is 2. The lowest BCUT2D eigenvalue weighted by molar-refractivity contribution is -0.141. The molecule has 0 saturated carbocycles. The summed E-state index contributed by atoms with van der Waals surface area (Å²) in [5, 5.41) is 13.7. The van der Waals surface area contributed by atoms with E-state index in [1.54, 1.807) is 19.1 Å². The molecular weight excluding hydrogens is 269 g/mol. The minimum Gasteiger partial charge on any atom is -0.386 e. The van der Waals surface area contributed by atoms with Crippen LogP contribution in [0.5, 0.6) is 0 Å². The predicted molar refractivity (Wildman–Crippen MR) is 68.1 cm³/mol. The van der Waals surface area contributed by atoms with E-state index >= 15 is 0 Å². The zero-order valence-electron chi connectivity index (χ0n) is 11.1. The van der Waals surface area contributed by atoms with Crippen LogP contribution in [0, 0.1) is 6.92 Å². The standard InChI is InChI=1S/C14H15F3N2O/c1-9-3-5-11(6-4-9)13(20)10(2)19-8-7-12(18-19)14(15,16)17/h3-8,10,13,20H,1-2H3. The zero-order valence-corrected chi connectivity index (χ0v) is 11.1. The molecule has 3 nitrogen and oxygen atoms in total. The molecule has 0 bridgehead atoms. The van der Waals surface area contributed by atoms with Gasteiger partial charge in [0.2, 0.25) is 0 Å². The maximum absolute atomic E-state index is 12.5. The van der Waals surface area contributed by atoms with E-state index in [2.05, 4.69) is 5.10 Å². The van der Waals surface area contributed by atoms with Crippen LogP contribution in [0.2, 0.25) is 0 Å². The molecule has 1 heterocycles. The van der Waals surface area contributed by atoms with Crippen molar-refractivity contribution in [1.29, 1.82) is 0 Å². The number of rotatable bonds is 3. The van der Waals surface area contributed by atoms with Gasteiger partial charge in [-0.1, -0.05) is 29.8 Å². The zero-order chi connectivity index (χ0) is 14.9. The van der Waals surface area contributed by atoms with Crippen molar-refractivity contribution in [2.75, 3.05) is 0 Å². The van der Waals surface area contributed by atoms with Gasteiger partial charge in [-0.05, 0) is 25.5 Å². The number of aryl methyl sites for hydroxylation is 1. The molecule has 0 spiro atoms. The van der Waals surface area contributed by atoms with Crippen molar-refractivity contribution in [3.8, 4) is 0 Å². The van der Waals surface area contributed by atoms with E-state index in [4.69, 9.17) is 0 Å². The average Bonchev–Trinajstić information content (AvgIpc) is 2.87. The van der Waals surface area contributed by atoms with E-state index in [1.807, 2.05) is 19.1 Å². The Morgan fingerprint density at radius 2 is 1.75 bits per heavy atom. The van der Waals surface area contributed by atoms with Crippen LogP contribution < -0.4 is 0 Å². The summed E-state index contributed by atoms with van der Waals surface area (Å²) in [6.07, 6.45) is -4.17. The largest absolute Gasteiger partial charge is 0.435 e. The Kier molecular flexibility index (Phi) is 3.85. The fourth-order valence-corrected chi connectivity index (χ4v) is 1.90. The van der Waals surface area contributed by atoms with Gasteiger partial charge in [-0.15, -0.1) is 0 Å². The normalized spacial score (nSPS) is 15.1. The number of aromatic nitrogens is 2. The van der Waals surface area contributed by atoms with Crippen molar-refractivity contribution < 1.29 is 18.3 Å². The summed E-state index contributed by atoms with van der Waals surface area (Å²) < 4.78 is 38.6. The van der Waals surface area contributed by atoms with E-state index in [0.29, 0.717) is 5.56 Å². The van der Waals surface area contributed by atoms with Crippen molar-refractivity contribution >= 4 is 0 Å². The molecule has 1 aromatic heterocycles. The highest BCUT2D eigenvalue weighted by Gasteiger charge is 2.34. The van der Waals surface area contributed by atoms with Gasteiger partial charge in [0.25, 0.3) is 0 Å². The SMILES string of the molecule is Cc1ccc(C(O)C(C)n2ccc(C(F)(F)F)n2)cc1. The van der Waals surface area contributed by atoms with Gasteiger partial charge in [0.15, 0.2) is 5.69 Å². The van der Waals surface area contributed by atoms with Crippen molar-refractivity contribution in [3.05, 3.63) is 53.3 Å². The van der Waals surface area contributed by atoms with Gasteiger partial charge < -0.3 is 5.11 Å². The summed E-state index contributed by atoms with van der Waals surface area (Å²) in [5.74, 6) is 0. The summed E-state index contributed by atoms with van der Waals surface area (Å²) >= 11 is 0.